The molecule has 1 aromatic carbocycles. The number of benzene rings is 1. The second-order valence-electron chi connectivity index (χ2n) is 7.16. The first-order valence-corrected chi connectivity index (χ1v) is 10.7. The fraction of sp³-hybridized carbons (Fsp3) is 0.611. The van der Waals surface area contributed by atoms with Crippen molar-refractivity contribution in [2.45, 2.75) is 37.5 Å². The van der Waals surface area contributed by atoms with Crippen molar-refractivity contribution in [1.29, 1.82) is 0 Å². The quantitative estimate of drug-likeness (QED) is 0.804. The summed E-state index contributed by atoms with van der Waals surface area (Å²) in [5.41, 5.74) is 0. The smallest absolute Gasteiger partial charge is 0.243 e. The van der Waals surface area contributed by atoms with Gasteiger partial charge in [-0.25, -0.2) is 8.42 Å². The fourth-order valence-electron chi connectivity index (χ4n) is 3.61. The van der Waals surface area contributed by atoms with Gasteiger partial charge in [0.25, 0.3) is 0 Å². The normalized spacial score (nSPS) is 23.6. The summed E-state index contributed by atoms with van der Waals surface area (Å²) < 4.78 is 27.1. The van der Waals surface area contributed by atoms with Crippen molar-refractivity contribution in [3.63, 3.8) is 0 Å². The van der Waals surface area contributed by atoms with Crippen LogP contribution in [-0.4, -0.2) is 49.7 Å². The Morgan fingerprint density at radius 1 is 1.08 bits per heavy atom. The maximum Gasteiger partial charge on any atom is 0.243 e. The molecule has 0 aromatic heterocycles. The van der Waals surface area contributed by atoms with Gasteiger partial charge in [-0.15, -0.1) is 0 Å². The minimum Gasteiger partial charge on any atom is -0.342 e. The summed E-state index contributed by atoms with van der Waals surface area (Å²) in [7, 11) is -3.58. The molecule has 1 aromatic rings. The van der Waals surface area contributed by atoms with Gasteiger partial charge in [-0.05, 0) is 55.9 Å². The Morgan fingerprint density at radius 3 is 2.36 bits per heavy atom. The van der Waals surface area contributed by atoms with E-state index < -0.39 is 10.0 Å². The van der Waals surface area contributed by atoms with E-state index in [1.54, 1.807) is 12.1 Å². The molecule has 138 valence electrons. The lowest BCUT2D eigenvalue weighted by molar-refractivity contribution is -0.138. The highest BCUT2D eigenvalue weighted by molar-refractivity contribution is 7.89. The largest absolute Gasteiger partial charge is 0.342 e. The van der Waals surface area contributed by atoms with Crippen molar-refractivity contribution < 1.29 is 13.2 Å². The molecule has 0 saturated carbocycles. The van der Waals surface area contributed by atoms with Crippen LogP contribution < -0.4 is 0 Å². The van der Waals surface area contributed by atoms with E-state index in [1.807, 2.05) is 4.90 Å². The molecule has 7 heteroatoms. The zero-order valence-electron chi connectivity index (χ0n) is 14.5. The fourth-order valence-corrected chi connectivity index (χ4v) is 5.25. The van der Waals surface area contributed by atoms with Gasteiger partial charge in [0.05, 0.1) is 10.8 Å². The van der Waals surface area contributed by atoms with Crippen molar-refractivity contribution in [3.8, 4) is 0 Å². The lowest BCUT2D eigenvalue weighted by atomic mass is 9.94. The van der Waals surface area contributed by atoms with Crippen LogP contribution in [0.15, 0.2) is 29.2 Å². The Kier molecular flexibility index (Phi) is 5.71. The molecule has 2 aliphatic heterocycles. The van der Waals surface area contributed by atoms with Crippen LogP contribution >= 0.6 is 11.6 Å². The number of rotatable bonds is 3. The van der Waals surface area contributed by atoms with Crippen LogP contribution in [0.4, 0.5) is 0 Å². The predicted molar refractivity (Wildman–Crippen MR) is 97.9 cm³/mol. The van der Waals surface area contributed by atoms with Crippen molar-refractivity contribution in [2.75, 3.05) is 26.2 Å². The number of likely N-dealkylation sites (tertiary alicyclic amines) is 1. The summed E-state index contributed by atoms with van der Waals surface area (Å²) in [5, 5.41) is 0.505. The summed E-state index contributed by atoms with van der Waals surface area (Å²) >= 11 is 5.85. The van der Waals surface area contributed by atoms with Crippen LogP contribution in [0, 0.1) is 11.8 Å². The maximum absolute atomic E-state index is 12.8. The lowest BCUT2D eigenvalue weighted by Gasteiger charge is -2.36. The van der Waals surface area contributed by atoms with Gasteiger partial charge >= 0.3 is 0 Å². The number of hydrogen-bond acceptors (Lipinski definition) is 3. The van der Waals surface area contributed by atoms with Crippen molar-refractivity contribution in [2.24, 2.45) is 11.8 Å². The van der Waals surface area contributed by atoms with Gasteiger partial charge < -0.3 is 4.90 Å². The molecule has 0 bridgehead atoms. The summed E-state index contributed by atoms with van der Waals surface area (Å²) in [6.45, 7) is 4.53. The average Bonchev–Trinajstić information content (AvgIpc) is 2.62. The Balaban J connectivity index is 1.70. The average molecular weight is 385 g/mol. The Labute approximate surface area is 155 Å². The Morgan fingerprint density at radius 2 is 1.72 bits per heavy atom. The Bertz CT molecular complexity index is 712. The number of halogens is 1. The molecule has 2 saturated heterocycles. The van der Waals surface area contributed by atoms with Crippen LogP contribution in [0.2, 0.25) is 5.02 Å². The third-order valence-corrected chi connectivity index (χ3v) is 7.41. The zero-order chi connectivity index (χ0) is 18.0. The molecule has 0 spiro atoms. The van der Waals surface area contributed by atoms with Crippen LogP contribution in [0.5, 0.6) is 0 Å². The molecular formula is C18H25ClN2O3S. The van der Waals surface area contributed by atoms with Gasteiger partial charge in [0.2, 0.25) is 15.9 Å². The summed E-state index contributed by atoms with van der Waals surface area (Å²) in [6, 6.07) is 6.20. The molecular weight excluding hydrogens is 360 g/mol. The molecule has 0 N–H and O–H groups in total. The second kappa shape index (κ2) is 7.64. The van der Waals surface area contributed by atoms with Crippen molar-refractivity contribution >= 4 is 27.5 Å². The molecule has 0 radical (unpaired) electrons. The lowest BCUT2D eigenvalue weighted by Crippen LogP contribution is -2.48. The number of hydrogen-bond donors (Lipinski definition) is 0. The Hall–Kier alpha value is -1.11. The van der Waals surface area contributed by atoms with Crippen LogP contribution in [-0.2, 0) is 14.8 Å². The third-order valence-electron chi connectivity index (χ3n) is 5.28. The minimum absolute atomic E-state index is 0.114. The topological polar surface area (TPSA) is 57.7 Å². The summed E-state index contributed by atoms with van der Waals surface area (Å²) in [4.78, 5) is 15.0. The van der Waals surface area contributed by atoms with E-state index in [-0.39, 0.29) is 23.3 Å². The van der Waals surface area contributed by atoms with Crippen molar-refractivity contribution in [3.05, 3.63) is 29.3 Å². The molecule has 0 unspecified atom stereocenters. The SMILES string of the molecule is CC1CCN(C(=O)[C@@H]2CCCN(S(=O)(=O)c3ccc(Cl)cc3)C2)CC1. The molecule has 25 heavy (non-hydrogen) atoms. The number of sulfonamides is 1. The van der Waals surface area contributed by atoms with Gasteiger partial charge in [-0.1, -0.05) is 18.5 Å². The molecule has 1 amide bonds. The number of amides is 1. The number of piperidine rings is 2. The van der Waals surface area contributed by atoms with Gasteiger partial charge in [0.1, 0.15) is 0 Å². The molecule has 1 atom stereocenters. The van der Waals surface area contributed by atoms with E-state index in [0.717, 1.165) is 32.4 Å². The zero-order valence-corrected chi connectivity index (χ0v) is 16.1. The number of carbonyl (C=O) groups is 1. The van der Waals surface area contributed by atoms with E-state index in [2.05, 4.69) is 6.92 Å². The molecule has 2 aliphatic rings. The van der Waals surface area contributed by atoms with E-state index >= 15 is 0 Å². The molecule has 3 rings (SSSR count). The standard InChI is InChI=1S/C18H25ClN2O3S/c1-14-8-11-20(12-9-14)18(22)15-3-2-10-21(13-15)25(23,24)17-6-4-16(19)5-7-17/h4-7,14-15H,2-3,8-13H2,1H3/t15-/m1/s1. The van der Waals surface area contributed by atoms with Gasteiger partial charge in [-0.2, -0.15) is 4.31 Å². The number of carbonyl (C=O) groups excluding carboxylic acids is 1. The first-order chi connectivity index (χ1) is 11.9. The highest BCUT2D eigenvalue weighted by Gasteiger charge is 2.35. The van der Waals surface area contributed by atoms with Crippen LogP contribution in [0.1, 0.15) is 32.6 Å². The summed E-state index contributed by atoms with van der Waals surface area (Å²) in [5.74, 6) is 0.546. The second-order valence-corrected chi connectivity index (χ2v) is 9.54. The molecule has 5 nitrogen and oxygen atoms in total. The summed E-state index contributed by atoms with van der Waals surface area (Å²) in [6.07, 6.45) is 3.54. The first-order valence-electron chi connectivity index (χ1n) is 8.92. The predicted octanol–water partition coefficient (Wildman–Crippen LogP) is 3.00. The monoisotopic (exact) mass is 384 g/mol. The first kappa shape index (κ1) is 18.7. The highest BCUT2D eigenvalue weighted by atomic mass is 35.5. The minimum atomic E-state index is -3.58. The van der Waals surface area contributed by atoms with Crippen LogP contribution in [0.25, 0.3) is 0 Å². The van der Waals surface area contributed by atoms with E-state index in [1.165, 1.54) is 16.4 Å². The molecule has 0 aliphatic carbocycles. The number of nitrogens with zero attached hydrogens (tertiary/aromatic N) is 2. The third kappa shape index (κ3) is 4.18. The molecule has 2 heterocycles. The maximum atomic E-state index is 12.8. The van der Waals surface area contributed by atoms with Gasteiger partial charge in [-0.3, -0.25) is 4.79 Å². The van der Waals surface area contributed by atoms with E-state index in [9.17, 15) is 13.2 Å². The highest BCUT2D eigenvalue weighted by Crippen LogP contribution is 2.27. The van der Waals surface area contributed by atoms with E-state index in [0.29, 0.717) is 23.9 Å². The molecule has 2 fully saturated rings. The van der Waals surface area contributed by atoms with Gasteiger partial charge in [0, 0.05) is 31.2 Å². The van der Waals surface area contributed by atoms with E-state index in [4.69, 9.17) is 11.6 Å². The van der Waals surface area contributed by atoms with Crippen molar-refractivity contribution in [1.82, 2.24) is 9.21 Å². The van der Waals surface area contributed by atoms with Crippen LogP contribution in [0.3, 0.4) is 0 Å². The van der Waals surface area contributed by atoms with Gasteiger partial charge in [0.15, 0.2) is 0 Å².